The van der Waals surface area contributed by atoms with E-state index in [2.05, 4.69) is 24.5 Å². The molecule has 1 N–H and O–H groups in total. The highest BCUT2D eigenvalue weighted by Gasteiger charge is 2.19. The summed E-state index contributed by atoms with van der Waals surface area (Å²) < 4.78 is 0. The largest absolute Gasteiger partial charge is 0.317 e. The Balaban J connectivity index is 2.09. The van der Waals surface area contributed by atoms with Crippen molar-refractivity contribution in [2.75, 3.05) is 7.05 Å². The lowest BCUT2D eigenvalue weighted by Crippen LogP contribution is -2.29. The Kier molecular flexibility index (Phi) is 2.31. The molecule has 2 aliphatic carbocycles. The van der Waals surface area contributed by atoms with Gasteiger partial charge in [-0.3, -0.25) is 0 Å². The molecule has 0 aromatic heterocycles. The summed E-state index contributed by atoms with van der Waals surface area (Å²) in [7, 11) is 2.07. The Morgan fingerprint density at radius 1 is 1.25 bits per heavy atom. The second-order valence-corrected chi connectivity index (χ2v) is 3.76. The fourth-order valence-electron chi connectivity index (χ4n) is 2.20. The number of allylic oxidation sites excluding steroid dienone is 3. The minimum absolute atomic E-state index is 0.728. The first kappa shape index (κ1) is 8.06. The predicted molar refractivity (Wildman–Crippen MR) is 52.1 cm³/mol. The van der Waals surface area contributed by atoms with Crippen LogP contribution in [0.4, 0.5) is 0 Å². The number of fused-ring (bicyclic) bond motifs is 1. The molecule has 2 aliphatic rings. The Hall–Kier alpha value is -0.560. The molecule has 0 aliphatic heterocycles. The van der Waals surface area contributed by atoms with Crippen molar-refractivity contribution in [2.45, 2.75) is 38.1 Å². The van der Waals surface area contributed by atoms with E-state index in [4.69, 9.17) is 0 Å². The van der Waals surface area contributed by atoms with Crippen molar-refractivity contribution in [3.8, 4) is 0 Å². The maximum atomic E-state index is 3.37. The maximum Gasteiger partial charge on any atom is 0.0108 e. The summed E-state index contributed by atoms with van der Waals surface area (Å²) in [6.07, 6.45) is 11.2. The summed E-state index contributed by atoms with van der Waals surface area (Å²) in [5.74, 6) is 0. The van der Waals surface area contributed by atoms with Crippen molar-refractivity contribution < 1.29 is 0 Å². The first-order chi connectivity index (χ1) is 5.90. The molecule has 66 valence electrons. The molecular weight excluding hydrogens is 146 g/mol. The molecule has 0 amide bonds. The van der Waals surface area contributed by atoms with Crippen LogP contribution >= 0.6 is 0 Å². The van der Waals surface area contributed by atoms with E-state index in [1.54, 1.807) is 11.1 Å². The van der Waals surface area contributed by atoms with Crippen LogP contribution in [0.3, 0.4) is 0 Å². The molecular formula is C11H17N. The third-order valence-electron chi connectivity index (χ3n) is 3.00. The lowest BCUT2D eigenvalue weighted by molar-refractivity contribution is 0.489. The van der Waals surface area contributed by atoms with Crippen LogP contribution in [0.25, 0.3) is 0 Å². The fourth-order valence-corrected chi connectivity index (χ4v) is 2.20. The summed E-state index contributed by atoms with van der Waals surface area (Å²) >= 11 is 0. The van der Waals surface area contributed by atoms with Gasteiger partial charge in [0.15, 0.2) is 0 Å². The Morgan fingerprint density at radius 2 is 2.00 bits per heavy atom. The summed E-state index contributed by atoms with van der Waals surface area (Å²) in [5.41, 5.74) is 3.25. The average molecular weight is 163 g/mol. The third kappa shape index (κ3) is 1.46. The van der Waals surface area contributed by atoms with E-state index in [9.17, 15) is 0 Å². The highest BCUT2D eigenvalue weighted by molar-refractivity contribution is 5.36. The molecule has 0 saturated heterocycles. The van der Waals surface area contributed by atoms with Gasteiger partial charge < -0.3 is 5.32 Å². The fraction of sp³-hybridized carbons (Fsp3) is 0.636. The van der Waals surface area contributed by atoms with Gasteiger partial charge >= 0.3 is 0 Å². The number of hydrogen-bond donors (Lipinski definition) is 1. The minimum atomic E-state index is 0.728. The van der Waals surface area contributed by atoms with E-state index < -0.39 is 0 Å². The van der Waals surface area contributed by atoms with Gasteiger partial charge in [0.05, 0.1) is 0 Å². The molecule has 12 heavy (non-hydrogen) atoms. The van der Waals surface area contributed by atoms with Gasteiger partial charge in [-0.1, -0.05) is 12.2 Å². The molecule has 0 bridgehead atoms. The van der Waals surface area contributed by atoms with E-state index in [-0.39, 0.29) is 0 Å². The van der Waals surface area contributed by atoms with Crippen LogP contribution in [0.1, 0.15) is 32.1 Å². The number of hydrogen-bond acceptors (Lipinski definition) is 1. The molecule has 0 aromatic carbocycles. The van der Waals surface area contributed by atoms with Crippen LogP contribution in [0.5, 0.6) is 0 Å². The number of nitrogens with one attached hydrogen (secondary N) is 1. The zero-order chi connectivity index (χ0) is 8.39. The summed E-state index contributed by atoms with van der Waals surface area (Å²) in [6, 6.07) is 0.728. The standard InChI is InChI=1S/C11H17N/c1-12-11-7-6-9-4-2-3-5-10(9)8-11/h4-5,11-12H,2-3,6-8H2,1H3. The number of rotatable bonds is 1. The highest BCUT2D eigenvalue weighted by atomic mass is 14.9. The topological polar surface area (TPSA) is 12.0 Å². The molecule has 1 fully saturated rings. The molecule has 1 nitrogen and oxygen atoms in total. The van der Waals surface area contributed by atoms with Gasteiger partial charge in [-0.05, 0) is 50.3 Å². The lowest BCUT2D eigenvalue weighted by atomic mass is 9.83. The SMILES string of the molecule is CNC1CCC2=CCCC=C2C1. The average Bonchev–Trinajstić information content (AvgIpc) is 2.17. The van der Waals surface area contributed by atoms with Gasteiger partial charge in [-0.15, -0.1) is 0 Å². The minimum Gasteiger partial charge on any atom is -0.317 e. The van der Waals surface area contributed by atoms with Crippen molar-refractivity contribution in [3.63, 3.8) is 0 Å². The molecule has 2 rings (SSSR count). The van der Waals surface area contributed by atoms with Gasteiger partial charge in [0, 0.05) is 6.04 Å². The predicted octanol–water partition coefficient (Wildman–Crippen LogP) is 2.40. The molecule has 0 radical (unpaired) electrons. The Labute approximate surface area is 74.5 Å². The van der Waals surface area contributed by atoms with E-state index in [0.29, 0.717) is 0 Å². The molecule has 0 aromatic rings. The molecule has 0 spiro atoms. The van der Waals surface area contributed by atoms with Gasteiger partial charge in [-0.25, -0.2) is 0 Å². The van der Waals surface area contributed by atoms with Gasteiger partial charge in [0.1, 0.15) is 0 Å². The van der Waals surface area contributed by atoms with Crippen LogP contribution in [0.2, 0.25) is 0 Å². The van der Waals surface area contributed by atoms with E-state index in [1.165, 1.54) is 32.1 Å². The van der Waals surface area contributed by atoms with Gasteiger partial charge in [0.2, 0.25) is 0 Å². The van der Waals surface area contributed by atoms with Crippen LogP contribution in [-0.2, 0) is 0 Å². The van der Waals surface area contributed by atoms with Crippen molar-refractivity contribution in [2.24, 2.45) is 0 Å². The monoisotopic (exact) mass is 163 g/mol. The van der Waals surface area contributed by atoms with E-state index in [0.717, 1.165) is 6.04 Å². The summed E-state index contributed by atoms with van der Waals surface area (Å²) in [6.45, 7) is 0. The molecule has 1 heteroatoms. The van der Waals surface area contributed by atoms with Crippen molar-refractivity contribution in [1.82, 2.24) is 5.32 Å². The first-order valence-electron chi connectivity index (χ1n) is 4.96. The maximum absolute atomic E-state index is 3.37. The quantitative estimate of drug-likeness (QED) is 0.626. The van der Waals surface area contributed by atoms with Crippen molar-refractivity contribution in [3.05, 3.63) is 23.3 Å². The summed E-state index contributed by atoms with van der Waals surface area (Å²) in [5, 5.41) is 3.37. The normalized spacial score (nSPS) is 28.9. The lowest BCUT2D eigenvalue weighted by Gasteiger charge is -2.28. The van der Waals surface area contributed by atoms with E-state index >= 15 is 0 Å². The Bertz CT molecular complexity index is 225. The molecule has 1 saturated carbocycles. The second-order valence-electron chi connectivity index (χ2n) is 3.76. The molecule has 1 unspecified atom stereocenters. The second kappa shape index (κ2) is 3.44. The highest BCUT2D eigenvalue weighted by Crippen LogP contribution is 2.32. The zero-order valence-corrected chi connectivity index (χ0v) is 7.77. The zero-order valence-electron chi connectivity index (χ0n) is 7.77. The Morgan fingerprint density at radius 3 is 2.75 bits per heavy atom. The van der Waals surface area contributed by atoms with Crippen LogP contribution in [0.15, 0.2) is 23.3 Å². The van der Waals surface area contributed by atoms with Gasteiger partial charge in [-0.2, -0.15) is 0 Å². The van der Waals surface area contributed by atoms with Crippen molar-refractivity contribution in [1.29, 1.82) is 0 Å². The van der Waals surface area contributed by atoms with Crippen LogP contribution < -0.4 is 5.32 Å². The van der Waals surface area contributed by atoms with Gasteiger partial charge in [0.25, 0.3) is 0 Å². The van der Waals surface area contributed by atoms with E-state index in [1.807, 2.05) is 0 Å². The summed E-state index contributed by atoms with van der Waals surface area (Å²) in [4.78, 5) is 0. The third-order valence-corrected chi connectivity index (χ3v) is 3.00. The first-order valence-corrected chi connectivity index (χ1v) is 4.96. The smallest absolute Gasteiger partial charge is 0.0108 e. The van der Waals surface area contributed by atoms with Crippen molar-refractivity contribution >= 4 is 0 Å². The molecule has 1 atom stereocenters. The van der Waals surface area contributed by atoms with Crippen LogP contribution in [-0.4, -0.2) is 13.1 Å². The van der Waals surface area contributed by atoms with Crippen LogP contribution in [0, 0.1) is 0 Å². The molecule has 0 heterocycles.